The summed E-state index contributed by atoms with van der Waals surface area (Å²) in [7, 11) is 0. The summed E-state index contributed by atoms with van der Waals surface area (Å²) in [5, 5.41) is 21.0. The van der Waals surface area contributed by atoms with Crippen molar-refractivity contribution in [2.75, 3.05) is 0 Å². The quantitative estimate of drug-likeness (QED) is 0.222. The van der Waals surface area contributed by atoms with Gasteiger partial charge in [-0.2, -0.15) is 0 Å². The molecule has 0 spiro atoms. The molecule has 5 heavy (non-hydrogen) atoms. The Morgan fingerprint density at radius 1 is 1.00 bits per heavy atom. The Kier molecular flexibility index (Phi) is 16.0. The zero-order chi connectivity index (χ0) is 3.41. The third-order valence-electron chi connectivity index (χ3n) is 0.0278. The fourth-order valence-electron chi connectivity index (χ4n) is 0. The van der Waals surface area contributed by atoms with Gasteiger partial charge in [-0.3, -0.25) is 0 Å². The van der Waals surface area contributed by atoms with Crippen LogP contribution in [0.3, 0.4) is 0 Å². The monoisotopic (exact) mass is 127 g/mol. The summed E-state index contributed by atoms with van der Waals surface area (Å²) in [5.41, 5.74) is 0. The van der Waals surface area contributed by atoms with Gasteiger partial charge in [-0.1, -0.05) is 0 Å². The van der Waals surface area contributed by atoms with Crippen molar-refractivity contribution in [1.82, 2.24) is 0 Å². The molecule has 0 aliphatic carbocycles. The minimum absolute atomic E-state index is 0. The van der Waals surface area contributed by atoms with Crippen molar-refractivity contribution in [2.45, 2.75) is 0 Å². The molecule has 0 bridgehead atoms. The predicted octanol–water partition coefficient (Wildman–Crippen LogP) is -2.52. The van der Waals surface area contributed by atoms with Gasteiger partial charge in [0.15, 0.2) is 0 Å². The van der Waals surface area contributed by atoms with Crippen LogP contribution in [0.2, 0.25) is 0 Å². The van der Waals surface area contributed by atoms with Crippen molar-refractivity contribution in [2.24, 2.45) is 0 Å². The zero-order valence-corrected chi connectivity index (χ0v) is 2.88. The molecule has 0 heterocycles. The summed E-state index contributed by atoms with van der Waals surface area (Å²) in [6, 6.07) is 0. The van der Waals surface area contributed by atoms with E-state index in [1.807, 2.05) is 0 Å². The molecule has 0 aromatic carbocycles. The van der Waals surface area contributed by atoms with Crippen molar-refractivity contribution >= 4 is 0 Å². The molecular weight excluding hydrogens is 128 g/mol. The van der Waals surface area contributed by atoms with E-state index in [2.05, 4.69) is 10.1 Å². The zero-order valence-electron chi connectivity index (χ0n) is 1.93. The molecule has 0 aromatic rings. The Bertz CT molecular complexity index is 5.61. The summed E-state index contributed by atoms with van der Waals surface area (Å²) in [4.78, 5) is 0. The van der Waals surface area contributed by atoms with E-state index in [-0.39, 0.29) is 17.1 Å². The fourth-order valence-corrected chi connectivity index (χ4v) is 0. The van der Waals surface area contributed by atoms with Crippen molar-refractivity contribution in [1.29, 1.82) is 0 Å². The molecule has 0 rings (SSSR count). The van der Waals surface area contributed by atoms with Crippen LogP contribution in [-0.4, -0.2) is 0 Å². The normalized spacial score (nSPS) is 6.00. The molecule has 4 nitrogen and oxygen atoms in total. The Morgan fingerprint density at radius 2 is 1.20 bits per heavy atom. The van der Waals surface area contributed by atoms with Gasteiger partial charge in [0.1, 0.15) is 0 Å². The molecule has 5 heteroatoms. The van der Waals surface area contributed by atoms with Crippen molar-refractivity contribution < 1.29 is 37.7 Å². The Labute approximate surface area is 38.6 Å². The van der Waals surface area contributed by atoms with E-state index in [0.717, 1.165) is 0 Å². The van der Waals surface area contributed by atoms with Gasteiger partial charge in [0.05, 0.1) is 0 Å². The molecule has 0 saturated heterocycles. The van der Waals surface area contributed by atoms with Gasteiger partial charge in [0.2, 0.25) is 0 Å². The summed E-state index contributed by atoms with van der Waals surface area (Å²) in [5.74, 6) is 0. The van der Waals surface area contributed by atoms with Crippen LogP contribution in [0, 0.1) is 0 Å². The van der Waals surface area contributed by atoms with E-state index in [0.29, 0.717) is 0 Å². The average molecular weight is 128 g/mol. The molecule has 0 atom stereocenters. The van der Waals surface area contributed by atoms with Gasteiger partial charge in [-0.05, 0) is 0 Å². The first-order chi connectivity index (χ1) is 1.91. The molecule has 0 aliphatic heterocycles. The van der Waals surface area contributed by atoms with Crippen LogP contribution in [0.1, 0.15) is 0 Å². The van der Waals surface area contributed by atoms with Crippen molar-refractivity contribution in [3.63, 3.8) is 0 Å². The van der Waals surface area contributed by atoms with Crippen LogP contribution in [0.25, 0.3) is 0 Å². The molecule has 1 radical (unpaired) electrons. The first-order valence-electron chi connectivity index (χ1n) is 0.500. The largest absolute Gasteiger partial charge is 2.00 e. The van der Waals surface area contributed by atoms with Crippen LogP contribution in [0.4, 0.5) is 0 Å². The van der Waals surface area contributed by atoms with Gasteiger partial charge in [-0.25, -0.2) is 0 Å². The first kappa shape index (κ1) is 9.03. The number of rotatable bonds is 1. The summed E-state index contributed by atoms with van der Waals surface area (Å²) in [6.07, 6.45) is 0. The average Bonchev–Trinajstić information content (AvgIpc) is 1.37. The SMILES string of the molecule is [Cu+2].[O-]OO[O-]. The second-order valence-corrected chi connectivity index (χ2v) is 0.136. The maximum Gasteiger partial charge on any atom is 2.00 e. The van der Waals surface area contributed by atoms with Crippen LogP contribution in [0.5, 0.6) is 0 Å². The molecule has 35 valence electrons. The van der Waals surface area contributed by atoms with Crippen LogP contribution in [-0.2, 0) is 27.1 Å². The predicted molar refractivity (Wildman–Crippen MR) is 2.17 cm³/mol. The van der Waals surface area contributed by atoms with E-state index in [4.69, 9.17) is 10.5 Å². The topological polar surface area (TPSA) is 64.6 Å². The maximum absolute atomic E-state index is 8.26. The molecular formula is CuO4. The summed E-state index contributed by atoms with van der Waals surface area (Å²) >= 11 is 0. The van der Waals surface area contributed by atoms with E-state index in [9.17, 15) is 0 Å². The Hall–Kier alpha value is 0.359. The third kappa shape index (κ3) is 13.1. The van der Waals surface area contributed by atoms with Crippen LogP contribution < -0.4 is 10.5 Å². The number of hydrogen-bond donors (Lipinski definition) is 0. The third-order valence-corrected chi connectivity index (χ3v) is 0.0278. The van der Waals surface area contributed by atoms with Crippen molar-refractivity contribution in [3.05, 3.63) is 0 Å². The first-order valence-corrected chi connectivity index (χ1v) is 0.500. The van der Waals surface area contributed by atoms with Crippen LogP contribution >= 0.6 is 0 Å². The summed E-state index contributed by atoms with van der Waals surface area (Å²) in [6.45, 7) is 0. The summed E-state index contributed by atoms with van der Waals surface area (Å²) < 4.78 is 0. The minimum atomic E-state index is 0. The molecule has 0 N–H and O–H groups in total. The number of hydrogen-bond acceptors (Lipinski definition) is 4. The minimum Gasteiger partial charge on any atom is -0.693 e. The molecule has 0 fully saturated rings. The van der Waals surface area contributed by atoms with Gasteiger partial charge in [-0.15, -0.1) is 0 Å². The Morgan fingerprint density at radius 3 is 1.20 bits per heavy atom. The smallest absolute Gasteiger partial charge is 0.693 e. The molecule has 0 aromatic heterocycles. The fraction of sp³-hybridized carbons (Fsp3) is 0. The van der Waals surface area contributed by atoms with Crippen molar-refractivity contribution in [3.8, 4) is 0 Å². The maximum atomic E-state index is 8.26. The Balaban J connectivity index is 0. The van der Waals surface area contributed by atoms with E-state index < -0.39 is 0 Å². The second-order valence-electron chi connectivity index (χ2n) is 0.136. The van der Waals surface area contributed by atoms with Gasteiger partial charge in [0, 0.05) is 0 Å². The van der Waals surface area contributed by atoms with E-state index in [1.54, 1.807) is 0 Å². The van der Waals surface area contributed by atoms with Gasteiger partial charge >= 0.3 is 17.1 Å². The second kappa shape index (κ2) is 8.84. The van der Waals surface area contributed by atoms with E-state index in [1.165, 1.54) is 0 Å². The molecule has 0 amide bonds. The molecule has 0 saturated carbocycles. The molecule has 0 unspecified atom stereocenters. The van der Waals surface area contributed by atoms with Gasteiger partial charge in [0.25, 0.3) is 0 Å². The van der Waals surface area contributed by atoms with Gasteiger partial charge < -0.3 is 20.6 Å². The molecule has 0 aliphatic rings. The van der Waals surface area contributed by atoms with Crippen LogP contribution in [0.15, 0.2) is 0 Å². The van der Waals surface area contributed by atoms with E-state index >= 15 is 0 Å². The standard InChI is InChI=1S/Cu.H2O4/c;1-3-4-2/h;1-2H/q+2;/p-2.